The standard InChI is InChI=1S/C20H19BrClN3O2S/c1-20(2,3)13-6-4-12(5-7-13)18-24-25-19(27-18)28-11-17(26)23-16-9-8-14(21)10-15(16)22/h4-10H,11H2,1-3H3,(H,23,26). The van der Waals surface area contributed by atoms with E-state index < -0.39 is 0 Å². The van der Waals surface area contributed by atoms with E-state index in [1.807, 2.05) is 18.2 Å². The number of thioether (sulfide) groups is 1. The molecule has 146 valence electrons. The lowest BCUT2D eigenvalue weighted by Gasteiger charge is -2.18. The van der Waals surface area contributed by atoms with Crippen molar-refractivity contribution in [3.63, 3.8) is 0 Å². The van der Waals surface area contributed by atoms with Crippen LogP contribution < -0.4 is 5.32 Å². The Balaban J connectivity index is 1.59. The molecule has 1 heterocycles. The molecule has 1 aromatic heterocycles. The average Bonchev–Trinajstić information content (AvgIpc) is 3.11. The van der Waals surface area contributed by atoms with Crippen LogP contribution in [0, 0.1) is 0 Å². The fourth-order valence-corrected chi connectivity index (χ4v) is 3.69. The summed E-state index contributed by atoms with van der Waals surface area (Å²) in [5.41, 5.74) is 2.71. The van der Waals surface area contributed by atoms with Crippen molar-refractivity contribution in [2.24, 2.45) is 0 Å². The van der Waals surface area contributed by atoms with Crippen LogP contribution in [0.25, 0.3) is 11.5 Å². The van der Waals surface area contributed by atoms with Gasteiger partial charge in [0.25, 0.3) is 5.22 Å². The van der Waals surface area contributed by atoms with Crippen molar-refractivity contribution in [2.75, 3.05) is 11.1 Å². The number of aromatic nitrogens is 2. The third-order valence-corrected chi connectivity index (χ3v) is 5.56. The first-order valence-corrected chi connectivity index (χ1v) is 10.7. The van der Waals surface area contributed by atoms with Crippen LogP contribution >= 0.6 is 39.3 Å². The molecule has 1 N–H and O–H groups in total. The van der Waals surface area contributed by atoms with Crippen LogP contribution in [0.1, 0.15) is 26.3 Å². The minimum atomic E-state index is -0.205. The van der Waals surface area contributed by atoms with Gasteiger partial charge in [0, 0.05) is 10.0 Å². The highest BCUT2D eigenvalue weighted by Crippen LogP contribution is 2.28. The number of rotatable bonds is 5. The summed E-state index contributed by atoms with van der Waals surface area (Å²) in [6.45, 7) is 6.49. The Morgan fingerprint density at radius 3 is 2.54 bits per heavy atom. The van der Waals surface area contributed by atoms with Crippen LogP contribution in [0.5, 0.6) is 0 Å². The largest absolute Gasteiger partial charge is 0.411 e. The van der Waals surface area contributed by atoms with Gasteiger partial charge in [-0.05, 0) is 41.3 Å². The number of nitrogens with zero attached hydrogens (tertiary/aromatic N) is 2. The minimum absolute atomic E-state index is 0.0828. The highest BCUT2D eigenvalue weighted by Gasteiger charge is 2.15. The molecule has 0 aliphatic heterocycles. The lowest BCUT2D eigenvalue weighted by Crippen LogP contribution is -2.14. The van der Waals surface area contributed by atoms with Crippen LogP contribution in [0.3, 0.4) is 0 Å². The number of carbonyl (C=O) groups is 1. The summed E-state index contributed by atoms with van der Waals surface area (Å²) < 4.78 is 6.51. The number of amides is 1. The Kier molecular flexibility index (Phi) is 6.47. The molecule has 8 heteroatoms. The van der Waals surface area contributed by atoms with Crippen LogP contribution in [-0.2, 0) is 10.2 Å². The molecule has 0 unspecified atom stereocenters. The van der Waals surface area contributed by atoms with E-state index in [1.54, 1.807) is 12.1 Å². The second-order valence-electron chi connectivity index (χ2n) is 7.16. The predicted octanol–water partition coefficient (Wildman–Crippen LogP) is 6.18. The molecule has 0 saturated carbocycles. The highest BCUT2D eigenvalue weighted by atomic mass is 79.9. The molecule has 0 radical (unpaired) electrons. The summed E-state index contributed by atoms with van der Waals surface area (Å²) in [5, 5.41) is 11.6. The Morgan fingerprint density at radius 2 is 1.89 bits per heavy atom. The van der Waals surface area contributed by atoms with Crippen molar-refractivity contribution in [1.29, 1.82) is 0 Å². The van der Waals surface area contributed by atoms with E-state index in [9.17, 15) is 4.79 Å². The Morgan fingerprint density at radius 1 is 1.18 bits per heavy atom. The zero-order chi connectivity index (χ0) is 20.3. The maximum atomic E-state index is 12.1. The van der Waals surface area contributed by atoms with Gasteiger partial charge in [0.1, 0.15) is 0 Å². The van der Waals surface area contributed by atoms with Gasteiger partial charge in [-0.25, -0.2) is 0 Å². The van der Waals surface area contributed by atoms with Crippen LogP contribution in [0.15, 0.2) is 56.6 Å². The Labute approximate surface area is 181 Å². The number of halogens is 2. The van der Waals surface area contributed by atoms with Crippen LogP contribution in [0.2, 0.25) is 5.02 Å². The molecule has 0 saturated heterocycles. The molecule has 2 aromatic carbocycles. The summed E-state index contributed by atoms with van der Waals surface area (Å²) in [4.78, 5) is 12.1. The Hall–Kier alpha value is -1.83. The van der Waals surface area contributed by atoms with Gasteiger partial charge in [0.05, 0.1) is 16.5 Å². The van der Waals surface area contributed by atoms with Crippen LogP contribution in [0.4, 0.5) is 5.69 Å². The van der Waals surface area contributed by atoms with Crippen molar-refractivity contribution >= 4 is 50.9 Å². The fraction of sp³-hybridized carbons (Fsp3) is 0.250. The molecule has 0 fully saturated rings. The average molecular weight is 481 g/mol. The Bertz CT molecular complexity index is 984. The first kappa shape index (κ1) is 20.9. The molecule has 5 nitrogen and oxygen atoms in total. The van der Waals surface area contributed by atoms with Gasteiger partial charge < -0.3 is 9.73 Å². The van der Waals surface area contributed by atoms with Crippen molar-refractivity contribution in [2.45, 2.75) is 31.4 Å². The van der Waals surface area contributed by atoms with E-state index in [0.29, 0.717) is 21.8 Å². The quantitative estimate of drug-likeness (QED) is 0.442. The molecule has 1 amide bonds. The molecular weight excluding hydrogens is 462 g/mol. The normalized spacial score (nSPS) is 11.5. The summed E-state index contributed by atoms with van der Waals surface area (Å²) >= 11 is 10.6. The molecule has 28 heavy (non-hydrogen) atoms. The van der Waals surface area contributed by atoms with Gasteiger partial charge in [-0.1, -0.05) is 72.2 Å². The van der Waals surface area contributed by atoms with E-state index >= 15 is 0 Å². The lowest BCUT2D eigenvalue weighted by atomic mass is 9.87. The van der Waals surface area contributed by atoms with Gasteiger partial charge >= 0.3 is 0 Å². The second kappa shape index (κ2) is 8.68. The number of anilines is 1. The smallest absolute Gasteiger partial charge is 0.277 e. The lowest BCUT2D eigenvalue weighted by molar-refractivity contribution is -0.113. The topological polar surface area (TPSA) is 68.0 Å². The third kappa shape index (κ3) is 5.37. The molecule has 3 aromatic rings. The maximum Gasteiger partial charge on any atom is 0.277 e. The first-order valence-electron chi connectivity index (χ1n) is 8.54. The van der Waals surface area contributed by atoms with E-state index in [2.05, 4.69) is 64.3 Å². The molecule has 0 spiro atoms. The molecule has 0 aliphatic rings. The zero-order valence-corrected chi connectivity index (χ0v) is 18.8. The van der Waals surface area contributed by atoms with Gasteiger partial charge in [-0.15, -0.1) is 10.2 Å². The molecule has 0 aliphatic carbocycles. The number of carbonyl (C=O) groups excluding carboxylic acids is 1. The highest BCUT2D eigenvalue weighted by molar-refractivity contribution is 9.10. The second-order valence-corrected chi connectivity index (χ2v) is 9.41. The van der Waals surface area contributed by atoms with Crippen molar-refractivity contribution < 1.29 is 9.21 Å². The van der Waals surface area contributed by atoms with Gasteiger partial charge in [0.15, 0.2) is 0 Å². The maximum absolute atomic E-state index is 12.1. The summed E-state index contributed by atoms with van der Waals surface area (Å²) in [6.07, 6.45) is 0. The first-order chi connectivity index (χ1) is 13.2. The molecular formula is C20H19BrClN3O2S. The number of benzene rings is 2. The minimum Gasteiger partial charge on any atom is -0.411 e. The summed E-state index contributed by atoms with van der Waals surface area (Å²) in [5.74, 6) is 0.361. The van der Waals surface area contributed by atoms with E-state index in [1.165, 1.54) is 17.3 Å². The van der Waals surface area contributed by atoms with Gasteiger partial charge in [0.2, 0.25) is 11.8 Å². The van der Waals surface area contributed by atoms with E-state index in [-0.39, 0.29) is 17.1 Å². The monoisotopic (exact) mass is 479 g/mol. The van der Waals surface area contributed by atoms with Crippen molar-refractivity contribution in [1.82, 2.24) is 10.2 Å². The number of nitrogens with one attached hydrogen (secondary N) is 1. The van der Waals surface area contributed by atoms with E-state index in [4.69, 9.17) is 16.0 Å². The predicted molar refractivity (Wildman–Crippen MR) is 117 cm³/mol. The molecule has 0 atom stereocenters. The molecule has 3 rings (SSSR count). The van der Waals surface area contributed by atoms with Gasteiger partial charge in [-0.2, -0.15) is 0 Å². The summed E-state index contributed by atoms with van der Waals surface area (Å²) in [7, 11) is 0. The van der Waals surface area contributed by atoms with E-state index in [0.717, 1.165) is 10.0 Å². The van der Waals surface area contributed by atoms with Crippen LogP contribution in [-0.4, -0.2) is 21.9 Å². The SMILES string of the molecule is CC(C)(C)c1ccc(-c2nnc(SCC(=O)Nc3ccc(Br)cc3Cl)o2)cc1. The number of hydrogen-bond acceptors (Lipinski definition) is 5. The fourth-order valence-electron chi connectivity index (χ4n) is 2.40. The molecule has 0 bridgehead atoms. The zero-order valence-electron chi connectivity index (χ0n) is 15.6. The van der Waals surface area contributed by atoms with Crippen molar-refractivity contribution in [3.05, 3.63) is 57.5 Å². The summed E-state index contributed by atoms with van der Waals surface area (Å²) in [6, 6.07) is 13.3. The number of hydrogen-bond donors (Lipinski definition) is 1. The van der Waals surface area contributed by atoms with Crippen molar-refractivity contribution in [3.8, 4) is 11.5 Å². The third-order valence-electron chi connectivity index (χ3n) is 3.94. The van der Waals surface area contributed by atoms with Gasteiger partial charge in [-0.3, -0.25) is 4.79 Å².